The van der Waals surface area contributed by atoms with Crippen LogP contribution in [0.25, 0.3) is 0 Å². The maximum Gasteiger partial charge on any atom is 0.475 e. The summed E-state index contributed by atoms with van der Waals surface area (Å²) in [6, 6.07) is 15.0. The molecule has 0 bridgehead atoms. The van der Waals surface area contributed by atoms with E-state index in [0.717, 1.165) is 0 Å². The van der Waals surface area contributed by atoms with Crippen LogP contribution in [0.3, 0.4) is 0 Å². The van der Waals surface area contributed by atoms with Gasteiger partial charge in [-0.1, -0.05) is 42.5 Å². The topological polar surface area (TPSA) is 110 Å². The minimum Gasteiger partial charge on any atom is -0.462 e. The summed E-state index contributed by atoms with van der Waals surface area (Å²) < 4.78 is 39.6. The summed E-state index contributed by atoms with van der Waals surface area (Å²) in [5.41, 5.74) is -1.09. The third-order valence-electron chi connectivity index (χ3n) is 4.78. The van der Waals surface area contributed by atoms with E-state index in [1.54, 1.807) is 77.1 Å². The van der Waals surface area contributed by atoms with Gasteiger partial charge in [0.1, 0.15) is 11.2 Å². The summed E-state index contributed by atoms with van der Waals surface area (Å²) in [6.45, 7) is 8.67. The molecule has 0 aliphatic carbocycles. The number of carbonyl (C=O) groups excluding carboxylic acids is 2. The second kappa shape index (κ2) is 11.7. The number of phosphoric acid groups is 1. The highest BCUT2D eigenvalue weighted by Crippen LogP contribution is 2.54. The molecular formula is C25H32NO8P. The van der Waals surface area contributed by atoms with Crippen molar-refractivity contribution in [3.8, 4) is 0 Å². The van der Waals surface area contributed by atoms with Gasteiger partial charge in [0.2, 0.25) is 0 Å². The smallest absolute Gasteiger partial charge is 0.462 e. The quantitative estimate of drug-likeness (QED) is 0.235. The molecule has 0 radical (unpaired) electrons. The van der Waals surface area contributed by atoms with Crippen LogP contribution in [-0.2, 0) is 33.2 Å². The van der Waals surface area contributed by atoms with Crippen LogP contribution in [0.5, 0.6) is 0 Å². The third-order valence-corrected chi connectivity index (χ3v) is 6.27. The zero-order chi connectivity index (χ0) is 26.3. The van der Waals surface area contributed by atoms with E-state index in [9.17, 15) is 14.2 Å². The van der Waals surface area contributed by atoms with E-state index in [-0.39, 0.29) is 12.3 Å². The molecule has 0 heterocycles. The Morgan fingerprint density at radius 1 is 0.886 bits per heavy atom. The Bertz CT molecular complexity index is 1080. The largest absolute Gasteiger partial charge is 0.475 e. The van der Waals surface area contributed by atoms with Crippen molar-refractivity contribution < 1.29 is 37.2 Å². The molecule has 0 fully saturated rings. The fourth-order valence-electron chi connectivity index (χ4n) is 3.16. The van der Waals surface area contributed by atoms with Gasteiger partial charge in [0.25, 0.3) is 0 Å². The zero-order valence-corrected chi connectivity index (χ0v) is 22.0. The molecule has 10 heteroatoms. The number of esters is 1. The highest BCUT2D eigenvalue weighted by Gasteiger charge is 2.43. The lowest BCUT2D eigenvalue weighted by atomic mass is 9.86. The van der Waals surface area contributed by atoms with Gasteiger partial charge in [-0.25, -0.2) is 14.2 Å². The van der Waals surface area contributed by atoms with Gasteiger partial charge in [0, 0.05) is 14.2 Å². The van der Waals surface area contributed by atoms with Crippen LogP contribution in [-0.4, -0.2) is 44.2 Å². The van der Waals surface area contributed by atoms with E-state index in [2.05, 4.69) is 4.99 Å². The van der Waals surface area contributed by atoms with Gasteiger partial charge in [-0.3, -0.25) is 13.6 Å². The Morgan fingerprint density at radius 2 is 1.46 bits per heavy atom. The number of hydrogen-bond donors (Lipinski definition) is 0. The number of ether oxygens (including phenoxy) is 2. The average Bonchev–Trinajstić information content (AvgIpc) is 2.82. The Kier molecular flexibility index (Phi) is 9.52. The molecule has 0 saturated heterocycles. The van der Waals surface area contributed by atoms with Gasteiger partial charge < -0.3 is 9.47 Å². The number of benzene rings is 2. The van der Waals surface area contributed by atoms with Crippen LogP contribution in [0.15, 0.2) is 59.6 Å². The highest BCUT2D eigenvalue weighted by atomic mass is 31.2. The molecule has 0 N–H and O–H groups in total. The number of amides is 1. The Hall–Kier alpha value is -2.84. The molecule has 0 spiro atoms. The molecule has 9 nitrogen and oxygen atoms in total. The van der Waals surface area contributed by atoms with Crippen molar-refractivity contribution in [2.75, 3.05) is 20.8 Å². The van der Waals surface area contributed by atoms with Crippen molar-refractivity contribution >= 4 is 25.6 Å². The third kappa shape index (κ3) is 7.57. The van der Waals surface area contributed by atoms with E-state index in [0.29, 0.717) is 16.7 Å². The van der Waals surface area contributed by atoms with Crippen LogP contribution < -0.4 is 0 Å². The summed E-state index contributed by atoms with van der Waals surface area (Å²) in [4.78, 5) is 29.1. The molecular weight excluding hydrogens is 473 g/mol. The standard InChI is InChI=1S/C25H32NO8P/c1-8-32-22(27)19-14-16-20(17-15-19)25(5,34-35(29,30-6)31-7)21(18-12-10-9-11-13-18)26-23(28)33-24(2,3)4/h9-17H,8H2,1-7H3/b26-21+. The van der Waals surface area contributed by atoms with E-state index in [1.807, 2.05) is 0 Å². The molecule has 0 aromatic heterocycles. The Labute approximate surface area is 206 Å². The molecule has 2 aromatic carbocycles. The second-order valence-electron chi connectivity index (χ2n) is 8.54. The summed E-state index contributed by atoms with van der Waals surface area (Å²) in [5, 5.41) is 0. The molecule has 190 valence electrons. The predicted molar refractivity (Wildman–Crippen MR) is 132 cm³/mol. The van der Waals surface area contributed by atoms with Gasteiger partial charge in [-0.05, 0) is 57.9 Å². The summed E-state index contributed by atoms with van der Waals surface area (Å²) in [7, 11) is -1.73. The lowest BCUT2D eigenvalue weighted by Crippen LogP contribution is -2.37. The van der Waals surface area contributed by atoms with Crippen molar-refractivity contribution in [1.82, 2.24) is 0 Å². The molecule has 1 unspecified atom stereocenters. The van der Waals surface area contributed by atoms with Crippen molar-refractivity contribution in [1.29, 1.82) is 0 Å². The molecule has 2 aromatic rings. The lowest BCUT2D eigenvalue weighted by molar-refractivity contribution is 0.0524. The SMILES string of the molecule is CCOC(=O)c1ccc(C(C)(OP(=O)(OC)OC)/C(=N/C(=O)OC(C)(C)C)c2ccccc2)cc1. The van der Waals surface area contributed by atoms with Gasteiger partial charge in [-0.2, -0.15) is 4.99 Å². The second-order valence-corrected chi connectivity index (χ2v) is 10.3. The Morgan fingerprint density at radius 3 is 1.94 bits per heavy atom. The highest BCUT2D eigenvalue weighted by molar-refractivity contribution is 7.48. The first-order valence-electron chi connectivity index (χ1n) is 10.9. The van der Waals surface area contributed by atoms with Crippen molar-refractivity contribution in [3.63, 3.8) is 0 Å². The predicted octanol–water partition coefficient (Wildman–Crippen LogP) is 5.92. The van der Waals surface area contributed by atoms with Gasteiger partial charge >= 0.3 is 19.9 Å². The molecule has 1 amide bonds. The number of hydrogen-bond acceptors (Lipinski definition) is 8. The monoisotopic (exact) mass is 505 g/mol. The lowest BCUT2D eigenvalue weighted by Gasteiger charge is -2.34. The summed E-state index contributed by atoms with van der Waals surface area (Å²) >= 11 is 0. The molecule has 2 rings (SSSR count). The van der Waals surface area contributed by atoms with Crippen molar-refractivity contribution in [2.45, 2.75) is 45.8 Å². The zero-order valence-electron chi connectivity index (χ0n) is 21.1. The van der Waals surface area contributed by atoms with Crippen LogP contribution in [0.4, 0.5) is 4.79 Å². The average molecular weight is 506 g/mol. The number of aliphatic imine (C=N–C) groups is 1. The van der Waals surface area contributed by atoms with Crippen LogP contribution in [0.1, 0.15) is 56.1 Å². The summed E-state index contributed by atoms with van der Waals surface area (Å²) in [6.07, 6.45) is -0.862. The van der Waals surface area contributed by atoms with E-state index in [4.69, 9.17) is 23.0 Å². The first kappa shape index (κ1) is 28.4. The first-order valence-corrected chi connectivity index (χ1v) is 12.4. The van der Waals surface area contributed by atoms with Crippen molar-refractivity contribution in [3.05, 3.63) is 71.3 Å². The maximum atomic E-state index is 13.1. The summed E-state index contributed by atoms with van der Waals surface area (Å²) in [5.74, 6) is -0.494. The van der Waals surface area contributed by atoms with Gasteiger partial charge in [0.05, 0.1) is 17.9 Å². The van der Waals surface area contributed by atoms with Crippen LogP contribution >= 0.6 is 7.82 Å². The minimum absolute atomic E-state index is 0.102. The first-order chi connectivity index (χ1) is 16.4. The number of phosphoric ester groups is 1. The fourth-order valence-corrected chi connectivity index (χ4v) is 4.10. The molecule has 35 heavy (non-hydrogen) atoms. The minimum atomic E-state index is -4.09. The molecule has 0 aliphatic heterocycles. The van der Waals surface area contributed by atoms with Gasteiger partial charge in [0.15, 0.2) is 0 Å². The van der Waals surface area contributed by atoms with E-state index in [1.165, 1.54) is 26.4 Å². The van der Waals surface area contributed by atoms with Crippen molar-refractivity contribution in [2.24, 2.45) is 4.99 Å². The number of nitrogens with zero attached hydrogens (tertiary/aromatic N) is 1. The number of carbonyl (C=O) groups is 2. The molecule has 0 aliphatic rings. The van der Waals surface area contributed by atoms with E-state index < -0.39 is 31.1 Å². The molecule has 1 atom stereocenters. The van der Waals surface area contributed by atoms with E-state index >= 15 is 0 Å². The molecule has 0 saturated carbocycles. The van der Waals surface area contributed by atoms with Crippen LogP contribution in [0, 0.1) is 0 Å². The fraction of sp³-hybridized carbons (Fsp3) is 0.400. The Balaban J connectivity index is 2.74. The number of rotatable bonds is 9. The normalized spacial score (nSPS) is 14.2. The van der Waals surface area contributed by atoms with Gasteiger partial charge in [-0.15, -0.1) is 0 Å². The maximum absolute atomic E-state index is 13.1. The van der Waals surface area contributed by atoms with Crippen LogP contribution in [0.2, 0.25) is 0 Å².